The molecule has 1 aliphatic heterocycles. The summed E-state index contributed by atoms with van der Waals surface area (Å²) in [5.41, 5.74) is 1.46. The molecular weight excluding hydrogens is 378 g/mol. The number of nitrogens with one attached hydrogen (secondary N) is 1. The van der Waals surface area contributed by atoms with E-state index in [4.69, 9.17) is 11.6 Å². The highest BCUT2D eigenvalue weighted by Gasteiger charge is 2.27. The zero-order valence-electron chi connectivity index (χ0n) is 15.8. The van der Waals surface area contributed by atoms with Gasteiger partial charge in [-0.1, -0.05) is 23.7 Å². The van der Waals surface area contributed by atoms with Crippen molar-refractivity contribution in [3.63, 3.8) is 0 Å². The Kier molecular flexibility index (Phi) is 5.15. The first-order chi connectivity index (χ1) is 13.5. The summed E-state index contributed by atoms with van der Waals surface area (Å²) in [5, 5.41) is 8.68. The molecule has 0 unspecified atom stereocenters. The smallest absolute Gasteiger partial charge is 0.241 e. The standard InChI is InChI=1S/C19H22ClN7O/c1-13(19(28)24-16-6-4-3-5-15(16)20)26-7-9-27(10-8-26)18-14-11-23-25(2)17(14)21-12-22-18/h3-6,11-13H,7-10H2,1-2H3,(H,24,28)/t13-/m0/s1. The number of nitrogens with zero attached hydrogens (tertiary/aromatic N) is 6. The molecule has 0 spiro atoms. The molecule has 2 aromatic heterocycles. The van der Waals surface area contributed by atoms with Crippen molar-refractivity contribution in [2.24, 2.45) is 7.05 Å². The third-order valence-electron chi connectivity index (χ3n) is 5.18. The quantitative estimate of drug-likeness (QED) is 0.724. The second kappa shape index (κ2) is 7.73. The van der Waals surface area contributed by atoms with E-state index in [2.05, 4.69) is 30.2 Å². The number of benzene rings is 1. The van der Waals surface area contributed by atoms with E-state index in [1.54, 1.807) is 29.3 Å². The number of rotatable bonds is 4. The molecule has 1 amide bonds. The van der Waals surface area contributed by atoms with Crippen molar-refractivity contribution in [2.45, 2.75) is 13.0 Å². The van der Waals surface area contributed by atoms with Crippen LogP contribution in [0.5, 0.6) is 0 Å². The van der Waals surface area contributed by atoms with E-state index in [0.29, 0.717) is 10.7 Å². The first kappa shape index (κ1) is 18.6. The molecule has 1 aromatic carbocycles. The van der Waals surface area contributed by atoms with Gasteiger partial charge in [-0.25, -0.2) is 9.97 Å². The lowest BCUT2D eigenvalue weighted by molar-refractivity contribution is -0.120. The van der Waals surface area contributed by atoms with Crippen LogP contribution in [0.15, 0.2) is 36.8 Å². The highest BCUT2D eigenvalue weighted by Crippen LogP contribution is 2.24. The van der Waals surface area contributed by atoms with Gasteiger partial charge in [0.1, 0.15) is 12.1 Å². The van der Waals surface area contributed by atoms with E-state index in [9.17, 15) is 4.79 Å². The molecule has 3 aromatic rings. The van der Waals surface area contributed by atoms with Gasteiger partial charge in [0.2, 0.25) is 5.91 Å². The molecular formula is C19H22ClN7O. The third kappa shape index (κ3) is 3.53. The number of fused-ring (bicyclic) bond motifs is 1. The van der Waals surface area contributed by atoms with Crippen LogP contribution >= 0.6 is 11.6 Å². The van der Waals surface area contributed by atoms with Gasteiger partial charge in [-0.3, -0.25) is 14.4 Å². The number of hydrogen-bond acceptors (Lipinski definition) is 6. The molecule has 0 radical (unpaired) electrons. The van der Waals surface area contributed by atoms with Crippen LogP contribution in [-0.4, -0.2) is 62.8 Å². The molecule has 1 atom stereocenters. The van der Waals surface area contributed by atoms with Crippen molar-refractivity contribution < 1.29 is 4.79 Å². The fourth-order valence-corrected chi connectivity index (χ4v) is 3.67. The number of halogens is 1. The second-order valence-corrected chi connectivity index (χ2v) is 7.28. The predicted molar refractivity (Wildman–Crippen MR) is 110 cm³/mol. The van der Waals surface area contributed by atoms with Gasteiger partial charge in [-0.2, -0.15) is 5.10 Å². The van der Waals surface area contributed by atoms with Gasteiger partial charge in [0.25, 0.3) is 0 Å². The summed E-state index contributed by atoms with van der Waals surface area (Å²) in [4.78, 5) is 25.8. The van der Waals surface area contributed by atoms with Gasteiger partial charge in [0, 0.05) is 33.2 Å². The van der Waals surface area contributed by atoms with Gasteiger partial charge in [0.15, 0.2) is 5.65 Å². The molecule has 0 saturated carbocycles. The number of hydrogen-bond donors (Lipinski definition) is 1. The largest absolute Gasteiger partial charge is 0.353 e. The molecule has 1 N–H and O–H groups in total. The number of anilines is 2. The van der Waals surface area contributed by atoms with Gasteiger partial charge >= 0.3 is 0 Å². The SMILES string of the molecule is C[C@@H](C(=O)Nc1ccccc1Cl)N1CCN(c2ncnc3c2cnn3C)CC1. The Morgan fingerprint density at radius 1 is 1.18 bits per heavy atom. The van der Waals surface area contributed by atoms with Crippen molar-refractivity contribution in [3.05, 3.63) is 41.8 Å². The van der Waals surface area contributed by atoms with Gasteiger partial charge in [0.05, 0.1) is 28.3 Å². The van der Waals surface area contributed by atoms with Gasteiger partial charge in [-0.05, 0) is 19.1 Å². The molecule has 1 aliphatic rings. The summed E-state index contributed by atoms with van der Waals surface area (Å²) >= 11 is 6.14. The molecule has 8 nitrogen and oxygen atoms in total. The van der Waals surface area contributed by atoms with E-state index >= 15 is 0 Å². The van der Waals surface area contributed by atoms with E-state index in [1.807, 2.05) is 26.1 Å². The maximum atomic E-state index is 12.6. The molecule has 0 bridgehead atoms. The fourth-order valence-electron chi connectivity index (χ4n) is 3.49. The molecule has 4 rings (SSSR count). The molecule has 1 saturated heterocycles. The van der Waals surface area contributed by atoms with Crippen molar-refractivity contribution in [3.8, 4) is 0 Å². The van der Waals surface area contributed by atoms with Crippen molar-refractivity contribution in [2.75, 3.05) is 36.4 Å². The summed E-state index contributed by atoms with van der Waals surface area (Å²) in [6.45, 7) is 5.02. The number of carbonyl (C=O) groups excluding carboxylic acids is 1. The average Bonchev–Trinajstić information content (AvgIpc) is 3.10. The minimum Gasteiger partial charge on any atom is -0.353 e. The number of amides is 1. The molecule has 1 fully saturated rings. The van der Waals surface area contributed by atoms with Crippen molar-refractivity contribution in [1.82, 2.24) is 24.6 Å². The van der Waals surface area contributed by atoms with E-state index in [0.717, 1.165) is 43.0 Å². The first-order valence-electron chi connectivity index (χ1n) is 9.21. The Hall–Kier alpha value is -2.71. The maximum absolute atomic E-state index is 12.6. The Morgan fingerprint density at radius 2 is 1.93 bits per heavy atom. The summed E-state index contributed by atoms with van der Waals surface area (Å²) in [6.07, 6.45) is 3.38. The maximum Gasteiger partial charge on any atom is 0.241 e. The van der Waals surface area contributed by atoms with Crippen LogP contribution in [0.2, 0.25) is 5.02 Å². The lowest BCUT2D eigenvalue weighted by Crippen LogP contribution is -2.53. The lowest BCUT2D eigenvalue weighted by Gasteiger charge is -2.38. The molecule has 9 heteroatoms. The van der Waals surface area contributed by atoms with Crippen LogP contribution in [0.4, 0.5) is 11.5 Å². The van der Waals surface area contributed by atoms with E-state index in [1.165, 1.54) is 0 Å². The highest BCUT2D eigenvalue weighted by molar-refractivity contribution is 6.33. The Bertz CT molecular complexity index is 997. The summed E-state index contributed by atoms with van der Waals surface area (Å²) in [5.74, 6) is 0.837. The number of carbonyl (C=O) groups is 1. The molecule has 146 valence electrons. The summed E-state index contributed by atoms with van der Waals surface area (Å²) in [6, 6.07) is 7.02. The van der Waals surface area contributed by atoms with Crippen LogP contribution in [0.3, 0.4) is 0 Å². The van der Waals surface area contributed by atoms with Crippen LogP contribution < -0.4 is 10.2 Å². The normalized spacial score (nSPS) is 16.3. The number of aryl methyl sites for hydroxylation is 1. The van der Waals surface area contributed by atoms with Crippen LogP contribution in [0.1, 0.15) is 6.92 Å². The number of piperazine rings is 1. The zero-order valence-corrected chi connectivity index (χ0v) is 16.6. The fraction of sp³-hybridized carbons (Fsp3) is 0.368. The van der Waals surface area contributed by atoms with E-state index in [-0.39, 0.29) is 11.9 Å². The van der Waals surface area contributed by atoms with Crippen molar-refractivity contribution in [1.29, 1.82) is 0 Å². The summed E-state index contributed by atoms with van der Waals surface area (Å²) in [7, 11) is 1.87. The average molecular weight is 400 g/mol. The van der Waals surface area contributed by atoms with Crippen molar-refractivity contribution >= 4 is 40.0 Å². The highest BCUT2D eigenvalue weighted by atomic mass is 35.5. The van der Waals surface area contributed by atoms with Crippen LogP contribution in [0.25, 0.3) is 11.0 Å². The Balaban J connectivity index is 1.41. The lowest BCUT2D eigenvalue weighted by atomic mass is 10.2. The molecule has 28 heavy (non-hydrogen) atoms. The van der Waals surface area contributed by atoms with E-state index < -0.39 is 0 Å². The third-order valence-corrected chi connectivity index (χ3v) is 5.51. The predicted octanol–water partition coefficient (Wildman–Crippen LogP) is 2.17. The monoisotopic (exact) mass is 399 g/mol. The molecule has 0 aliphatic carbocycles. The Labute approximate surface area is 168 Å². The van der Waals surface area contributed by atoms with Crippen LogP contribution in [0, 0.1) is 0 Å². The minimum atomic E-state index is -0.248. The second-order valence-electron chi connectivity index (χ2n) is 6.87. The summed E-state index contributed by atoms with van der Waals surface area (Å²) < 4.78 is 1.75. The Morgan fingerprint density at radius 3 is 2.68 bits per heavy atom. The minimum absolute atomic E-state index is 0.0572. The number of para-hydroxylation sites is 1. The zero-order chi connectivity index (χ0) is 19.7. The first-order valence-corrected chi connectivity index (χ1v) is 9.59. The topological polar surface area (TPSA) is 79.2 Å². The number of aromatic nitrogens is 4. The van der Waals surface area contributed by atoms with Crippen LogP contribution in [-0.2, 0) is 11.8 Å². The van der Waals surface area contributed by atoms with Gasteiger partial charge < -0.3 is 10.2 Å². The van der Waals surface area contributed by atoms with Gasteiger partial charge in [-0.15, -0.1) is 0 Å². The molecule has 3 heterocycles.